The summed E-state index contributed by atoms with van der Waals surface area (Å²) in [5, 5.41) is 8.74. The van der Waals surface area contributed by atoms with Crippen molar-refractivity contribution in [3.8, 4) is 0 Å². The number of unbranched alkanes of at least 4 members (excludes halogenated alkanes) is 1. The van der Waals surface area contributed by atoms with Gasteiger partial charge in [0.1, 0.15) is 0 Å². The van der Waals surface area contributed by atoms with E-state index in [0.29, 0.717) is 18.8 Å². The van der Waals surface area contributed by atoms with Gasteiger partial charge in [-0.05, 0) is 19.8 Å². The highest BCUT2D eigenvalue weighted by atomic mass is 28.3. The highest BCUT2D eigenvalue weighted by Crippen LogP contribution is 2.20. The third-order valence-corrected chi connectivity index (χ3v) is 6.26. The fraction of sp³-hybridized carbons (Fsp3) is 0.769. The van der Waals surface area contributed by atoms with Crippen molar-refractivity contribution >= 4 is 14.0 Å². The Kier molecular flexibility index (Phi) is 8.17. The molecule has 0 radical (unpaired) electrons. The van der Waals surface area contributed by atoms with Gasteiger partial charge in [-0.3, -0.25) is 0 Å². The lowest BCUT2D eigenvalue weighted by molar-refractivity contribution is -0.138. The molecule has 0 saturated heterocycles. The number of carbonyl (C=O) groups excluding carboxylic acids is 1. The molecule has 0 aliphatic carbocycles. The van der Waals surface area contributed by atoms with Crippen LogP contribution in [0.5, 0.6) is 0 Å². The topological polar surface area (TPSA) is 46.5 Å². The highest BCUT2D eigenvalue weighted by Gasteiger charge is 2.19. The summed E-state index contributed by atoms with van der Waals surface area (Å²) in [6.07, 6.45) is 2.96. The van der Waals surface area contributed by atoms with Crippen LogP contribution < -0.4 is 0 Å². The first-order valence-electron chi connectivity index (χ1n) is 6.32. The van der Waals surface area contributed by atoms with E-state index in [9.17, 15) is 4.79 Å². The SMILES string of the molecule is C=C(C)C(=O)OCCC[Si](C)(C)CCCCO. The molecule has 4 heteroatoms. The molecule has 0 fully saturated rings. The van der Waals surface area contributed by atoms with Crippen molar-refractivity contribution in [3.05, 3.63) is 12.2 Å². The van der Waals surface area contributed by atoms with Gasteiger partial charge in [0.05, 0.1) is 6.61 Å². The predicted octanol–water partition coefficient (Wildman–Crippen LogP) is 2.98. The lowest BCUT2D eigenvalue weighted by atomic mass is 10.4. The molecule has 1 N–H and O–H groups in total. The second-order valence-corrected chi connectivity index (χ2v) is 10.7. The summed E-state index contributed by atoms with van der Waals surface area (Å²) < 4.78 is 5.07. The van der Waals surface area contributed by atoms with Crippen LogP contribution in [0.3, 0.4) is 0 Å². The molecule has 0 bridgehead atoms. The molecule has 0 spiro atoms. The van der Waals surface area contributed by atoms with Crippen molar-refractivity contribution < 1.29 is 14.6 Å². The van der Waals surface area contributed by atoms with Crippen molar-refractivity contribution in [1.29, 1.82) is 0 Å². The van der Waals surface area contributed by atoms with Gasteiger partial charge in [-0.25, -0.2) is 4.79 Å². The first-order chi connectivity index (χ1) is 7.89. The quantitative estimate of drug-likeness (QED) is 0.299. The molecule has 0 aliphatic heterocycles. The average Bonchev–Trinajstić information content (AvgIpc) is 2.24. The molecule has 0 aromatic heterocycles. The van der Waals surface area contributed by atoms with Gasteiger partial charge >= 0.3 is 5.97 Å². The summed E-state index contributed by atoms with van der Waals surface area (Å²) in [4.78, 5) is 11.1. The number of ether oxygens (including phenoxy) is 1. The maximum atomic E-state index is 11.1. The van der Waals surface area contributed by atoms with Gasteiger partial charge in [-0.1, -0.05) is 38.2 Å². The van der Waals surface area contributed by atoms with Crippen LogP contribution in [0.15, 0.2) is 12.2 Å². The van der Waals surface area contributed by atoms with Gasteiger partial charge < -0.3 is 9.84 Å². The Hall–Kier alpha value is -0.613. The minimum atomic E-state index is -1.16. The van der Waals surface area contributed by atoms with Gasteiger partial charge in [-0.15, -0.1) is 0 Å². The Balaban J connectivity index is 3.64. The predicted molar refractivity (Wildman–Crippen MR) is 73.8 cm³/mol. The zero-order valence-corrected chi connectivity index (χ0v) is 12.4. The normalized spacial score (nSPS) is 11.3. The van der Waals surface area contributed by atoms with Gasteiger partial charge in [0.15, 0.2) is 0 Å². The molecule has 100 valence electrons. The lowest BCUT2D eigenvalue weighted by Gasteiger charge is -2.21. The zero-order chi connectivity index (χ0) is 13.3. The second kappa shape index (κ2) is 8.47. The smallest absolute Gasteiger partial charge is 0.333 e. The van der Waals surface area contributed by atoms with Crippen molar-refractivity contribution in [2.75, 3.05) is 13.2 Å². The number of hydrogen-bond donors (Lipinski definition) is 1. The van der Waals surface area contributed by atoms with Crippen LogP contribution in [0, 0.1) is 0 Å². The molecule has 3 nitrogen and oxygen atoms in total. The molecule has 0 aromatic carbocycles. The molecular formula is C13H26O3Si. The zero-order valence-electron chi connectivity index (χ0n) is 11.4. The summed E-state index contributed by atoms with van der Waals surface area (Å²) in [7, 11) is -1.16. The Morgan fingerprint density at radius 3 is 2.35 bits per heavy atom. The minimum absolute atomic E-state index is 0.287. The lowest BCUT2D eigenvalue weighted by Crippen LogP contribution is -2.25. The average molecular weight is 258 g/mol. The molecule has 17 heavy (non-hydrogen) atoms. The van der Waals surface area contributed by atoms with E-state index < -0.39 is 8.07 Å². The maximum Gasteiger partial charge on any atom is 0.333 e. The number of carbonyl (C=O) groups is 1. The van der Waals surface area contributed by atoms with Crippen LogP contribution >= 0.6 is 0 Å². The number of esters is 1. The van der Waals surface area contributed by atoms with E-state index in [1.54, 1.807) is 6.92 Å². The van der Waals surface area contributed by atoms with E-state index in [0.717, 1.165) is 19.3 Å². The van der Waals surface area contributed by atoms with E-state index in [4.69, 9.17) is 9.84 Å². The van der Waals surface area contributed by atoms with E-state index in [2.05, 4.69) is 19.7 Å². The van der Waals surface area contributed by atoms with E-state index >= 15 is 0 Å². The van der Waals surface area contributed by atoms with Crippen molar-refractivity contribution in [2.24, 2.45) is 0 Å². The largest absolute Gasteiger partial charge is 0.462 e. The standard InChI is InChI=1S/C13H26O3Si/c1-12(2)13(15)16-9-7-11-17(3,4)10-6-5-8-14/h14H,1,5-11H2,2-4H3. The highest BCUT2D eigenvalue weighted by molar-refractivity contribution is 6.77. The molecule has 0 amide bonds. The minimum Gasteiger partial charge on any atom is -0.462 e. The van der Waals surface area contributed by atoms with Crippen LogP contribution in [-0.4, -0.2) is 32.4 Å². The second-order valence-electron chi connectivity index (χ2n) is 5.36. The van der Waals surface area contributed by atoms with Crippen molar-refractivity contribution in [3.63, 3.8) is 0 Å². The molecule has 0 heterocycles. The first kappa shape index (κ1) is 16.4. The third kappa shape index (κ3) is 9.12. The number of hydrogen-bond acceptors (Lipinski definition) is 3. The molecule has 0 rings (SSSR count). The van der Waals surface area contributed by atoms with E-state index in [-0.39, 0.29) is 5.97 Å². The molecule has 0 aromatic rings. The summed E-state index contributed by atoms with van der Waals surface area (Å²) in [5.74, 6) is -0.287. The number of rotatable bonds is 9. The number of aliphatic hydroxyl groups is 1. The van der Waals surface area contributed by atoms with E-state index in [1.807, 2.05) is 0 Å². The Morgan fingerprint density at radius 1 is 1.24 bits per heavy atom. The third-order valence-electron chi connectivity index (χ3n) is 2.84. The fourth-order valence-electron chi connectivity index (χ4n) is 1.68. The first-order valence-corrected chi connectivity index (χ1v) is 9.74. The van der Waals surface area contributed by atoms with E-state index in [1.165, 1.54) is 12.1 Å². The monoisotopic (exact) mass is 258 g/mol. The van der Waals surface area contributed by atoms with Crippen LogP contribution in [0.1, 0.15) is 26.2 Å². The fourth-order valence-corrected chi connectivity index (χ4v) is 4.24. The van der Waals surface area contributed by atoms with Gasteiger partial charge in [0.2, 0.25) is 0 Å². The molecular weight excluding hydrogens is 232 g/mol. The molecule has 0 saturated carbocycles. The van der Waals surface area contributed by atoms with Crippen LogP contribution in [0.4, 0.5) is 0 Å². The molecule has 0 unspecified atom stereocenters. The van der Waals surface area contributed by atoms with Crippen molar-refractivity contribution in [2.45, 2.75) is 51.4 Å². The summed E-state index contributed by atoms with van der Waals surface area (Å²) in [6, 6.07) is 2.41. The van der Waals surface area contributed by atoms with Crippen molar-refractivity contribution in [1.82, 2.24) is 0 Å². The van der Waals surface area contributed by atoms with Gasteiger partial charge in [0, 0.05) is 20.3 Å². The summed E-state index contributed by atoms with van der Waals surface area (Å²) >= 11 is 0. The maximum absolute atomic E-state index is 11.1. The van der Waals surface area contributed by atoms with Gasteiger partial charge in [0.25, 0.3) is 0 Å². The molecule has 0 atom stereocenters. The molecule has 0 aliphatic rings. The number of aliphatic hydroxyl groups excluding tert-OH is 1. The Labute approximate surface area is 106 Å². The Morgan fingerprint density at radius 2 is 1.82 bits per heavy atom. The summed E-state index contributed by atoms with van der Waals surface area (Å²) in [5.41, 5.74) is 0.462. The van der Waals surface area contributed by atoms with Crippen LogP contribution in [0.25, 0.3) is 0 Å². The summed E-state index contributed by atoms with van der Waals surface area (Å²) in [6.45, 7) is 10.7. The van der Waals surface area contributed by atoms with Crippen LogP contribution in [-0.2, 0) is 9.53 Å². The van der Waals surface area contributed by atoms with Crippen LogP contribution in [0.2, 0.25) is 25.2 Å². The van der Waals surface area contributed by atoms with Gasteiger partial charge in [-0.2, -0.15) is 0 Å². The Bertz CT molecular complexity index is 249.